The second kappa shape index (κ2) is 7.35. The van der Waals surface area contributed by atoms with Gasteiger partial charge in [-0.05, 0) is 12.1 Å². The zero-order valence-corrected chi connectivity index (χ0v) is 11.0. The van der Waals surface area contributed by atoms with Crippen LogP contribution in [0.4, 0.5) is 13.2 Å². The van der Waals surface area contributed by atoms with Crippen LogP contribution >= 0.6 is 11.6 Å². The summed E-state index contributed by atoms with van der Waals surface area (Å²) in [5.74, 6) is -0.266. The number of carbonyl (C=O) groups is 1. The highest BCUT2D eigenvalue weighted by Crippen LogP contribution is 2.23. The van der Waals surface area contributed by atoms with Gasteiger partial charge in [0, 0.05) is 0 Å². The molecule has 1 aromatic rings. The van der Waals surface area contributed by atoms with E-state index in [4.69, 9.17) is 21.4 Å². The summed E-state index contributed by atoms with van der Waals surface area (Å²) < 4.78 is 41.1. The molecule has 112 valence electrons. The summed E-state index contributed by atoms with van der Waals surface area (Å²) in [6.07, 6.45) is -7.46. The van der Waals surface area contributed by atoms with Gasteiger partial charge in [-0.25, -0.2) is 0 Å². The minimum absolute atomic E-state index is 0.0301. The van der Waals surface area contributed by atoms with Crippen molar-refractivity contribution in [2.24, 2.45) is 0 Å². The summed E-state index contributed by atoms with van der Waals surface area (Å²) in [4.78, 5) is 11.2. The predicted octanol–water partition coefficient (Wildman–Crippen LogP) is 2.15. The number of benzene rings is 1. The number of hydrogen-bond acceptors (Lipinski definition) is 3. The molecule has 20 heavy (non-hydrogen) atoms. The van der Waals surface area contributed by atoms with Gasteiger partial charge in [0.05, 0.1) is 24.6 Å². The maximum Gasteiger partial charge on any atom is 0.416 e. The van der Waals surface area contributed by atoms with Gasteiger partial charge in [0.1, 0.15) is 5.75 Å². The molecule has 0 aliphatic carbocycles. The fraction of sp³-hybridized carbons (Fsp3) is 0.417. The van der Waals surface area contributed by atoms with Crippen LogP contribution in [0.3, 0.4) is 0 Å². The number of carbonyl (C=O) groups excluding carboxylic acids is 1. The number of nitrogens with one attached hydrogen (secondary N) is 1. The van der Waals surface area contributed by atoms with Crippen LogP contribution in [0, 0.1) is 0 Å². The smallest absolute Gasteiger partial charge is 0.416 e. The minimum atomic E-state index is -4.75. The van der Waals surface area contributed by atoms with Crippen molar-refractivity contribution in [2.45, 2.75) is 18.7 Å². The topological polar surface area (TPSA) is 58.6 Å². The number of amides is 1. The van der Waals surface area contributed by atoms with Crippen LogP contribution in [0.25, 0.3) is 0 Å². The Morgan fingerprint density at radius 2 is 2.05 bits per heavy atom. The summed E-state index contributed by atoms with van der Waals surface area (Å²) in [5, 5.41) is 11.0. The molecule has 0 saturated carbocycles. The average Bonchev–Trinajstić information content (AvgIpc) is 2.37. The molecule has 0 aromatic heterocycles. The van der Waals surface area contributed by atoms with E-state index in [0.717, 1.165) is 0 Å². The number of hydrogen-bond donors (Lipinski definition) is 2. The third kappa shape index (κ3) is 5.66. The van der Waals surface area contributed by atoms with Gasteiger partial charge < -0.3 is 15.2 Å². The molecular weight excluding hydrogens is 299 g/mol. The Hall–Kier alpha value is -1.47. The summed E-state index contributed by atoms with van der Waals surface area (Å²) >= 11 is 5.81. The van der Waals surface area contributed by atoms with E-state index >= 15 is 0 Å². The second-order valence-corrected chi connectivity index (χ2v) is 4.30. The lowest BCUT2D eigenvalue weighted by atomic mass is 10.3. The van der Waals surface area contributed by atoms with Gasteiger partial charge in [-0.1, -0.05) is 23.7 Å². The Morgan fingerprint density at radius 3 is 2.65 bits per heavy atom. The molecule has 1 unspecified atom stereocenters. The Labute approximate surface area is 118 Å². The van der Waals surface area contributed by atoms with Crippen LogP contribution in [-0.2, 0) is 4.79 Å². The molecule has 0 aliphatic rings. The van der Waals surface area contributed by atoms with E-state index in [2.05, 4.69) is 0 Å². The predicted molar refractivity (Wildman–Crippen MR) is 66.6 cm³/mol. The van der Waals surface area contributed by atoms with Crippen molar-refractivity contribution in [1.82, 2.24) is 5.32 Å². The number of alkyl halides is 3. The van der Waals surface area contributed by atoms with Crippen molar-refractivity contribution in [3.8, 4) is 5.75 Å². The maximum atomic E-state index is 12.0. The van der Waals surface area contributed by atoms with Gasteiger partial charge >= 0.3 is 6.18 Å². The van der Waals surface area contributed by atoms with Crippen molar-refractivity contribution in [3.63, 3.8) is 0 Å². The van der Waals surface area contributed by atoms with E-state index in [0.29, 0.717) is 10.8 Å². The van der Waals surface area contributed by atoms with E-state index in [1.54, 1.807) is 24.3 Å². The number of aliphatic hydroxyl groups is 1. The number of aliphatic hydroxyl groups excluding tert-OH is 1. The molecular formula is C12H13ClF3NO3. The first-order chi connectivity index (χ1) is 9.30. The van der Waals surface area contributed by atoms with Crippen molar-refractivity contribution >= 4 is 17.5 Å². The Bertz CT molecular complexity index is 454. The van der Waals surface area contributed by atoms with Crippen LogP contribution in [-0.4, -0.2) is 36.4 Å². The van der Waals surface area contributed by atoms with E-state index in [1.165, 1.54) is 0 Å². The number of halogens is 4. The highest BCUT2D eigenvalue weighted by Gasteiger charge is 2.38. The first-order valence-electron chi connectivity index (χ1n) is 5.69. The zero-order valence-electron chi connectivity index (χ0n) is 10.3. The fourth-order valence-corrected chi connectivity index (χ4v) is 1.42. The molecule has 4 nitrogen and oxygen atoms in total. The Balaban J connectivity index is 2.26. The number of para-hydroxylation sites is 1. The molecule has 0 fully saturated rings. The lowest BCUT2D eigenvalue weighted by Gasteiger charge is -2.15. The van der Waals surface area contributed by atoms with Crippen molar-refractivity contribution in [1.29, 1.82) is 0 Å². The van der Waals surface area contributed by atoms with Gasteiger partial charge in [-0.2, -0.15) is 13.2 Å². The molecule has 0 aliphatic heterocycles. The summed E-state index contributed by atoms with van der Waals surface area (Å²) in [5.41, 5.74) is 0. The molecule has 1 amide bonds. The largest absolute Gasteiger partial charge is 0.491 e. The first kappa shape index (κ1) is 16.6. The standard InChI is InChI=1S/C12H13ClF3NO3/c13-8-3-1-2-4-9(8)20-6-5-11(19)17-7-10(18)12(14,15)16/h1-4,10,18H,5-7H2,(H,17,19). The summed E-state index contributed by atoms with van der Waals surface area (Å²) in [6.45, 7) is -0.911. The third-order valence-electron chi connectivity index (χ3n) is 2.29. The summed E-state index contributed by atoms with van der Waals surface area (Å²) in [6, 6.07) is 6.62. The van der Waals surface area contributed by atoms with Crippen molar-refractivity contribution < 1.29 is 27.8 Å². The number of ether oxygens (including phenoxy) is 1. The SMILES string of the molecule is O=C(CCOc1ccccc1Cl)NCC(O)C(F)(F)F. The van der Waals surface area contributed by atoms with Gasteiger partial charge in [0.25, 0.3) is 0 Å². The van der Waals surface area contributed by atoms with Crippen LogP contribution in [0.2, 0.25) is 5.02 Å². The maximum absolute atomic E-state index is 12.0. The molecule has 0 bridgehead atoms. The second-order valence-electron chi connectivity index (χ2n) is 3.89. The van der Waals surface area contributed by atoms with Gasteiger partial charge in [-0.3, -0.25) is 4.79 Å². The van der Waals surface area contributed by atoms with Crippen molar-refractivity contribution in [3.05, 3.63) is 29.3 Å². The Kier molecular flexibility index (Phi) is 6.09. The van der Waals surface area contributed by atoms with E-state index in [-0.39, 0.29) is 13.0 Å². The van der Waals surface area contributed by atoms with Gasteiger partial charge in [0.15, 0.2) is 6.10 Å². The molecule has 0 radical (unpaired) electrons. The van der Waals surface area contributed by atoms with Crippen LogP contribution in [0.5, 0.6) is 5.75 Å². The molecule has 0 saturated heterocycles. The lowest BCUT2D eigenvalue weighted by molar-refractivity contribution is -0.201. The highest BCUT2D eigenvalue weighted by molar-refractivity contribution is 6.32. The Morgan fingerprint density at radius 1 is 1.40 bits per heavy atom. The highest BCUT2D eigenvalue weighted by atomic mass is 35.5. The third-order valence-corrected chi connectivity index (χ3v) is 2.61. The van der Waals surface area contributed by atoms with E-state index < -0.39 is 24.7 Å². The molecule has 0 spiro atoms. The van der Waals surface area contributed by atoms with Crippen molar-refractivity contribution in [2.75, 3.05) is 13.2 Å². The fourth-order valence-electron chi connectivity index (χ4n) is 1.23. The zero-order chi connectivity index (χ0) is 15.2. The minimum Gasteiger partial charge on any atom is -0.491 e. The van der Waals surface area contributed by atoms with Gasteiger partial charge in [0.2, 0.25) is 5.91 Å². The molecule has 2 N–H and O–H groups in total. The van der Waals surface area contributed by atoms with E-state index in [9.17, 15) is 18.0 Å². The van der Waals surface area contributed by atoms with E-state index in [1.807, 2.05) is 5.32 Å². The molecule has 1 aromatic carbocycles. The average molecular weight is 312 g/mol. The molecule has 1 rings (SSSR count). The van der Waals surface area contributed by atoms with Crippen LogP contribution in [0.1, 0.15) is 6.42 Å². The van der Waals surface area contributed by atoms with Gasteiger partial charge in [-0.15, -0.1) is 0 Å². The van der Waals surface area contributed by atoms with Crippen LogP contribution < -0.4 is 10.1 Å². The first-order valence-corrected chi connectivity index (χ1v) is 6.07. The molecule has 1 atom stereocenters. The lowest BCUT2D eigenvalue weighted by Crippen LogP contribution is -2.40. The quantitative estimate of drug-likeness (QED) is 0.846. The summed E-state index contributed by atoms with van der Waals surface area (Å²) in [7, 11) is 0. The molecule has 0 heterocycles. The normalized spacial score (nSPS) is 12.8. The number of rotatable bonds is 6. The monoisotopic (exact) mass is 311 g/mol. The molecule has 8 heteroatoms. The van der Waals surface area contributed by atoms with Crippen LogP contribution in [0.15, 0.2) is 24.3 Å².